The Kier molecular flexibility index (Phi) is 5.88. The number of hydrogen-bond donors (Lipinski definition) is 1. The van der Waals surface area contributed by atoms with E-state index >= 15 is 0 Å². The molecule has 4 nitrogen and oxygen atoms in total. The number of phenols is 1. The molecule has 1 aromatic rings. The Labute approximate surface area is 186 Å². The van der Waals surface area contributed by atoms with Crippen LogP contribution in [0.3, 0.4) is 0 Å². The lowest BCUT2D eigenvalue weighted by Crippen LogP contribution is -2.45. The number of nitrogens with zero attached hydrogens (tertiary/aromatic N) is 1. The van der Waals surface area contributed by atoms with E-state index in [9.17, 15) is 9.90 Å². The van der Waals surface area contributed by atoms with Gasteiger partial charge in [-0.05, 0) is 85.7 Å². The van der Waals surface area contributed by atoms with Gasteiger partial charge in [0.15, 0.2) is 0 Å². The van der Waals surface area contributed by atoms with Crippen molar-refractivity contribution >= 4 is 5.97 Å². The maximum Gasteiger partial charge on any atom is 0.336 e. The van der Waals surface area contributed by atoms with Gasteiger partial charge in [-0.1, -0.05) is 19.1 Å². The number of fused-ring (bicyclic) bond motifs is 5. The molecule has 164 valence electrons. The van der Waals surface area contributed by atoms with Crippen molar-refractivity contribution in [2.24, 2.45) is 17.3 Å². The number of carbonyl (C=O) groups is 1. The number of aromatic hydroxyl groups is 1. The van der Waals surface area contributed by atoms with E-state index in [2.05, 4.69) is 25.8 Å². The highest BCUT2D eigenvalue weighted by atomic mass is 16.5. The first kappa shape index (κ1) is 21.6. The fourth-order valence-electron chi connectivity index (χ4n) is 6.74. The highest BCUT2D eigenvalue weighted by Crippen LogP contribution is 2.61. The number of esters is 1. The summed E-state index contributed by atoms with van der Waals surface area (Å²) in [7, 11) is 1.94. The summed E-state index contributed by atoms with van der Waals surface area (Å²) >= 11 is 0. The van der Waals surface area contributed by atoms with Crippen LogP contribution in [0, 0.1) is 30.1 Å². The molecule has 2 saturated carbocycles. The van der Waals surface area contributed by atoms with E-state index in [1.807, 2.05) is 42.6 Å². The van der Waals surface area contributed by atoms with Crippen LogP contribution in [0.2, 0.25) is 0 Å². The van der Waals surface area contributed by atoms with Crippen molar-refractivity contribution in [1.82, 2.24) is 4.90 Å². The quantitative estimate of drug-likeness (QED) is 0.532. The third-order valence-electron chi connectivity index (χ3n) is 8.17. The number of carbonyl (C=O) groups excluding carboxylic acids is 1. The van der Waals surface area contributed by atoms with Gasteiger partial charge in [0, 0.05) is 25.1 Å². The molecule has 5 unspecified atom stereocenters. The van der Waals surface area contributed by atoms with Crippen LogP contribution in [-0.2, 0) is 16.0 Å². The summed E-state index contributed by atoms with van der Waals surface area (Å²) in [5, 5.41) is 9.86. The molecular formula is C27H33NO3. The lowest BCUT2D eigenvalue weighted by molar-refractivity contribution is -0.153. The molecule has 31 heavy (non-hydrogen) atoms. The number of phenolic OH excluding ortho intramolecular Hbond substituents is 1. The number of allylic oxidation sites excluding steroid dienone is 1. The molecule has 5 rings (SSSR count). The zero-order chi connectivity index (χ0) is 22.2. The molecule has 0 radical (unpaired) electrons. The second-order valence-corrected chi connectivity index (χ2v) is 9.72. The topological polar surface area (TPSA) is 49.8 Å². The van der Waals surface area contributed by atoms with Gasteiger partial charge in [0.1, 0.15) is 11.9 Å². The summed E-state index contributed by atoms with van der Waals surface area (Å²) in [5.41, 5.74) is 3.62. The van der Waals surface area contributed by atoms with Crippen molar-refractivity contribution in [3.05, 3.63) is 53.4 Å². The second-order valence-electron chi connectivity index (χ2n) is 9.72. The van der Waals surface area contributed by atoms with Gasteiger partial charge in [0.25, 0.3) is 0 Å². The summed E-state index contributed by atoms with van der Waals surface area (Å²) in [6.07, 6.45) is 21.2. The number of ether oxygens (including phenoxy) is 1. The van der Waals surface area contributed by atoms with Crippen molar-refractivity contribution in [3.63, 3.8) is 0 Å². The van der Waals surface area contributed by atoms with Crippen LogP contribution in [0.5, 0.6) is 5.75 Å². The maximum atomic E-state index is 12.8. The molecule has 1 aliphatic heterocycles. The monoisotopic (exact) mass is 419 g/mol. The van der Waals surface area contributed by atoms with Crippen molar-refractivity contribution < 1.29 is 14.6 Å². The summed E-state index contributed by atoms with van der Waals surface area (Å²) in [6.45, 7) is 2.37. The van der Waals surface area contributed by atoms with Gasteiger partial charge >= 0.3 is 5.97 Å². The first-order valence-corrected chi connectivity index (χ1v) is 11.4. The standard InChI is InChI=1S/C25H31NO3.C2H2/c1-25-12-11-20-19-8-6-18(27)14-16(19)5-7-21(20)22(25)9-10-23(25)29-24(28)17-4-3-13-26(2)15-17;1-2/h3,6,8,13-15,20-23,27H,4-5,7,9-12H2,1-2H3;1-2H. The van der Waals surface area contributed by atoms with Gasteiger partial charge in [0.05, 0.1) is 5.57 Å². The fourth-order valence-corrected chi connectivity index (χ4v) is 6.74. The molecule has 0 amide bonds. The minimum absolute atomic E-state index is 0.0271. The van der Waals surface area contributed by atoms with Crippen molar-refractivity contribution in [3.8, 4) is 18.6 Å². The highest BCUT2D eigenvalue weighted by molar-refractivity contribution is 5.89. The zero-order valence-electron chi connectivity index (χ0n) is 18.6. The lowest BCUT2D eigenvalue weighted by Gasteiger charge is -2.50. The van der Waals surface area contributed by atoms with Crippen molar-refractivity contribution in [1.29, 1.82) is 0 Å². The van der Waals surface area contributed by atoms with Gasteiger partial charge < -0.3 is 14.7 Å². The van der Waals surface area contributed by atoms with Gasteiger partial charge in [-0.25, -0.2) is 4.79 Å². The Morgan fingerprint density at radius 3 is 2.81 bits per heavy atom. The molecule has 0 saturated heterocycles. The van der Waals surface area contributed by atoms with E-state index in [1.54, 1.807) is 0 Å². The average Bonchev–Trinajstić information content (AvgIpc) is 3.11. The van der Waals surface area contributed by atoms with Crippen LogP contribution in [0.1, 0.15) is 62.5 Å². The molecule has 0 spiro atoms. The second kappa shape index (κ2) is 8.46. The van der Waals surface area contributed by atoms with Crippen LogP contribution in [0.4, 0.5) is 0 Å². The molecule has 1 aromatic carbocycles. The van der Waals surface area contributed by atoms with Gasteiger partial charge in [-0.2, -0.15) is 0 Å². The Bertz CT molecular complexity index is 930. The van der Waals surface area contributed by atoms with E-state index in [1.165, 1.54) is 17.5 Å². The smallest absolute Gasteiger partial charge is 0.336 e. The normalized spacial score (nSPS) is 33.2. The predicted octanol–water partition coefficient (Wildman–Crippen LogP) is 5.14. The number of aryl methyl sites for hydroxylation is 1. The summed E-state index contributed by atoms with van der Waals surface area (Å²) in [4.78, 5) is 14.7. The average molecular weight is 420 g/mol. The third kappa shape index (κ3) is 3.76. The lowest BCUT2D eigenvalue weighted by atomic mass is 9.55. The Morgan fingerprint density at radius 1 is 1.23 bits per heavy atom. The molecular weight excluding hydrogens is 386 g/mol. The van der Waals surface area contributed by atoms with Crippen LogP contribution < -0.4 is 0 Å². The number of terminal acetylenes is 1. The maximum absolute atomic E-state index is 12.8. The molecule has 0 bridgehead atoms. The van der Waals surface area contributed by atoms with Crippen LogP contribution in [-0.4, -0.2) is 29.1 Å². The summed E-state index contributed by atoms with van der Waals surface area (Å²) in [6, 6.07) is 5.95. The van der Waals surface area contributed by atoms with Crippen LogP contribution >= 0.6 is 0 Å². The van der Waals surface area contributed by atoms with Gasteiger partial charge in [0.2, 0.25) is 0 Å². The van der Waals surface area contributed by atoms with E-state index in [0.717, 1.165) is 37.7 Å². The Morgan fingerprint density at radius 2 is 2.03 bits per heavy atom. The molecule has 4 aliphatic rings. The largest absolute Gasteiger partial charge is 0.508 e. The molecule has 5 atom stereocenters. The van der Waals surface area contributed by atoms with E-state index in [-0.39, 0.29) is 17.5 Å². The highest BCUT2D eigenvalue weighted by Gasteiger charge is 2.56. The van der Waals surface area contributed by atoms with E-state index in [4.69, 9.17) is 4.74 Å². The molecule has 1 heterocycles. The minimum atomic E-state index is -0.139. The third-order valence-corrected chi connectivity index (χ3v) is 8.17. The number of rotatable bonds is 2. The van der Waals surface area contributed by atoms with Crippen LogP contribution in [0.25, 0.3) is 0 Å². The van der Waals surface area contributed by atoms with E-state index < -0.39 is 0 Å². The fraction of sp³-hybridized carbons (Fsp3) is 0.519. The summed E-state index contributed by atoms with van der Waals surface area (Å²) in [5.74, 6) is 2.11. The van der Waals surface area contributed by atoms with E-state index in [0.29, 0.717) is 29.9 Å². The zero-order valence-corrected chi connectivity index (χ0v) is 18.6. The van der Waals surface area contributed by atoms with Gasteiger partial charge in [-0.3, -0.25) is 0 Å². The molecule has 0 aromatic heterocycles. The van der Waals surface area contributed by atoms with Crippen molar-refractivity contribution in [2.75, 3.05) is 7.05 Å². The SMILES string of the molecule is C#C.CN1C=CCC(C(=O)OC2CCC3C4CCc5cc(O)ccc5C4CCC23C)=C1. The van der Waals surface area contributed by atoms with Crippen molar-refractivity contribution in [2.45, 2.75) is 63.9 Å². The first-order chi connectivity index (χ1) is 15.0. The first-order valence-electron chi connectivity index (χ1n) is 11.4. The predicted molar refractivity (Wildman–Crippen MR) is 122 cm³/mol. The van der Waals surface area contributed by atoms with Gasteiger partial charge in [-0.15, -0.1) is 12.8 Å². The molecule has 2 fully saturated rings. The van der Waals surface area contributed by atoms with Crippen LogP contribution in [0.15, 0.2) is 42.2 Å². The summed E-state index contributed by atoms with van der Waals surface area (Å²) < 4.78 is 6.14. The minimum Gasteiger partial charge on any atom is -0.508 e. The number of hydrogen-bond acceptors (Lipinski definition) is 4. The number of benzene rings is 1. The molecule has 1 N–H and O–H groups in total. The Balaban J connectivity index is 0.00000112. The molecule has 3 aliphatic carbocycles. The Hall–Kier alpha value is -2.67. The molecule has 4 heteroatoms.